The maximum absolute atomic E-state index is 12.9. The van der Waals surface area contributed by atoms with Crippen LogP contribution in [0.4, 0.5) is 4.39 Å². The molecule has 2 aromatic carbocycles. The Labute approximate surface area is 105 Å². The van der Waals surface area contributed by atoms with Gasteiger partial charge < -0.3 is 5.11 Å². The van der Waals surface area contributed by atoms with Crippen LogP contribution in [-0.4, -0.2) is 10.9 Å². The number of carbonyl (C=O) groups excluding carboxylic acids is 1. The fourth-order valence-electron chi connectivity index (χ4n) is 1.83. The first kappa shape index (κ1) is 12.3. The van der Waals surface area contributed by atoms with E-state index in [1.165, 1.54) is 24.3 Å². The molecule has 0 heterocycles. The van der Waals surface area contributed by atoms with Gasteiger partial charge in [0.05, 0.1) is 0 Å². The second-order valence-electron chi connectivity index (χ2n) is 4.01. The minimum atomic E-state index is -0.331. The van der Waals surface area contributed by atoms with Crippen LogP contribution >= 0.6 is 0 Å². The minimum absolute atomic E-state index is 0.00525. The number of benzene rings is 2. The lowest BCUT2D eigenvalue weighted by Gasteiger charge is -2.09. The van der Waals surface area contributed by atoms with Gasteiger partial charge in [-0.3, -0.25) is 4.79 Å². The van der Waals surface area contributed by atoms with E-state index in [1.807, 2.05) is 0 Å². The van der Waals surface area contributed by atoms with Crippen LogP contribution in [-0.2, 0) is 0 Å². The smallest absolute Gasteiger partial charge is 0.163 e. The monoisotopic (exact) mass is 244 g/mol. The molecule has 0 aliphatic heterocycles. The Hall–Kier alpha value is -2.16. The lowest BCUT2D eigenvalue weighted by Crippen LogP contribution is -1.99. The van der Waals surface area contributed by atoms with Crippen molar-refractivity contribution in [2.45, 2.75) is 13.3 Å². The molecule has 1 N–H and O–H groups in total. The molecule has 3 heteroatoms. The third kappa shape index (κ3) is 2.40. The van der Waals surface area contributed by atoms with Gasteiger partial charge in [-0.1, -0.05) is 19.1 Å². The summed E-state index contributed by atoms with van der Waals surface area (Å²) in [6.45, 7) is 1.78. The minimum Gasteiger partial charge on any atom is -0.508 e. The number of hydrogen-bond acceptors (Lipinski definition) is 2. The molecule has 0 saturated heterocycles. The van der Waals surface area contributed by atoms with Crippen LogP contribution in [0.15, 0.2) is 42.5 Å². The van der Waals surface area contributed by atoms with Gasteiger partial charge in [-0.15, -0.1) is 0 Å². The SMILES string of the molecule is CCC(=O)c1ccc(O)cc1-c1ccc(F)cc1. The molecule has 0 spiro atoms. The fraction of sp³-hybridized carbons (Fsp3) is 0.133. The first-order valence-electron chi connectivity index (χ1n) is 5.74. The average Bonchev–Trinajstić information content (AvgIpc) is 2.38. The number of ketones is 1. The second kappa shape index (κ2) is 5.00. The molecule has 0 saturated carbocycles. The zero-order valence-electron chi connectivity index (χ0n) is 9.98. The van der Waals surface area contributed by atoms with Crippen molar-refractivity contribution in [1.29, 1.82) is 0 Å². The largest absolute Gasteiger partial charge is 0.508 e. The molecule has 0 bridgehead atoms. The van der Waals surface area contributed by atoms with Crippen molar-refractivity contribution in [2.75, 3.05) is 0 Å². The molecular weight excluding hydrogens is 231 g/mol. The molecule has 18 heavy (non-hydrogen) atoms. The Morgan fingerprint density at radius 1 is 1.17 bits per heavy atom. The first-order chi connectivity index (χ1) is 8.61. The summed E-state index contributed by atoms with van der Waals surface area (Å²) in [7, 11) is 0. The normalized spacial score (nSPS) is 10.3. The highest BCUT2D eigenvalue weighted by Crippen LogP contribution is 2.28. The quantitative estimate of drug-likeness (QED) is 0.834. The maximum Gasteiger partial charge on any atom is 0.163 e. The highest BCUT2D eigenvalue weighted by atomic mass is 19.1. The van der Waals surface area contributed by atoms with E-state index in [9.17, 15) is 14.3 Å². The number of aromatic hydroxyl groups is 1. The van der Waals surface area contributed by atoms with Gasteiger partial charge in [0.1, 0.15) is 11.6 Å². The summed E-state index contributed by atoms with van der Waals surface area (Å²) >= 11 is 0. The third-order valence-corrected chi connectivity index (χ3v) is 2.78. The molecule has 0 unspecified atom stereocenters. The average molecular weight is 244 g/mol. The standard InChI is InChI=1S/C15H13FO2/c1-2-15(18)13-8-7-12(17)9-14(13)10-3-5-11(16)6-4-10/h3-9,17H,2H2,1H3. The fourth-order valence-corrected chi connectivity index (χ4v) is 1.83. The van der Waals surface area contributed by atoms with Gasteiger partial charge in [-0.05, 0) is 41.5 Å². The summed E-state index contributed by atoms with van der Waals surface area (Å²) in [5.41, 5.74) is 1.88. The third-order valence-electron chi connectivity index (χ3n) is 2.78. The summed E-state index contributed by atoms with van der Waals surface area (Å²) in [6, 6.07) is 10.5. The van der Waals surface area contributed by atoms with E-state index in [0.29, 0.717) is 23.1 Å². The van der Waals surface area contributed by atoms with Crippen molar-refractivity contribution in [3.05, 3.63) is 53.8 Å². The molecule has 0 radical (unpaired) electrons. The number of hydrogen-bond donors (Lipinski definition) is 1. The topological polar surface area (TPSA) is 37.3 Å². The van der Waals surface area contributed by atoms with E-state index >= 15 is 0 Å². The Kier molecular flexibility index (Phi) is 3.42. The first-order valence-corrected chi connectivity index (χ1v) is 5.74. The molecule has 92 valence electrons. The molecule has 0 atom stereocenters. The summed E-state index contributed by atoms with van der Waals surface area (Å²) in [5, 5.41) is 9.52. The predicted molar refractivity (Wildman–Crippen MR) is 68.1 cm³/mol. The molecule has 0 fully saturated rings. The van der Waals surface area contributed by atoms with Crippen molar-refractivity contribution in [3.63, 3.8) is 0 Å². The number of halogens is 1. The molecule has 0 amide bonds. The summed E-state index contributed by atoms with van der Waals surface area (Å²) in [4.78, 5) is 11.8. The van der Waals surface area contributed by atoms with Crippen LogP contribution in [0.2, 0.25) is 0 Å². The van der Waals surface area contributed by atoms with Gasteiger partial charge in [0, 0.05) is 12.0 Å². The van der Waals surface area contributed by atoms with Crippen molar-refractivity contribution >= 4 is 5.78 Å². The van der Waals surface area contributed by atoms with E-state index in [2.05, 4.69) is 0 Å². The highest BCUT2D eigenvalue weighted by molar-refractivity contribution is 6.02. The zero-order chi connectivity index (χ0) is 13.1. The second-order valence-corrected chi connectivity index (χ2v) is 4.01. The van der Waals surface area contributed by atoms with E-state index in [0.717, 1.165) is 0 Å². The van der Waals surface area contributed by atoms with Crippen molar-refractivity contribution in [3.8, 4) is 16.9 Å². The Morgan fingerprint density at radius 3 is 2.44 bits per heavy atom. The van der Waals surface area contributed by atoms with E-state index in [1.54, 1.807) is 25.1 Å². The van der Waals surface area contributed by atoms with Crippen molar-refractivity contribution in [1.82, 2.24) is 0 Å². The van der Waals surface area contributed by atoms with Crippen molar-refractivity contribution in [2.24, 2.45) is 0 Å². The van der Waals surface area contributed by atoms with Crippen LogP contribution in [0.1, 0.15) is 23.7 Å². The number of phenols is 1. The highest BCUT2D eigenvalue weighted by Gasteiger charge is 2.12. The molecule has 0 aliphatic rings. The van der Waals surface area contributed by atoms with Crippen LogP contribution in [0.3, 0.4) is 0 Å². The maximum atomic E-state index is 12.9. The molecular formula is C15H13FO2. The van der Waals surface area contributed by atoms with Gasteiger partial charge in [-0.25, -0.2) is 4.39 Å². The Bertz CT molecular complexity index is 574. The predicted octanol–water partition coefficient (Wildman–Crippen LogP) is 3.79. The molecule has 2 rings (SSSR count). The van der Waals surface area contributed by atoms with Gasteiger partial charge in [0.15, 0.2) is 5.78 Å². The van der Waals surface area contributed by atoms with E-state index < -0.39 is 0 Å². The molecule has 0 aromatic heterocycles. The van der Waals surface area contributed by atoms with Crippen LogP contribution < -0.4 is 0 Å². The van der Waals surface area contributed by atoms with Gasteiger partial charge >= 0.3 is 0 Å². The molecule has 2 nitrogen and oxygen atoms in total. The van der Waals surface area contributed by atoms with E-state index in [-0.39, 0.29) is 17.3 Å². The lowest BCUT2D eigenvalue weighted by atomic mass is 9.96. The van der Waals surface area contributed by atoms with Crippen LogP contribution in [0.5, 0.6) is 5.75 Å². The number of Topliss-reactive ketones (excluding diaryl/α,β-unsaturated/α-hetero) is 1. The summed E-state index contributed by atoms with van der Waals surface area (Å²) < 4.78 is 12.9. The van der Waals surface area contributed by atoms with Gasteiger partial charge in [0.2, 0.25) is 0 Å². The number of carbonyl (C=O) groups is 1. The van der Waals surface area contributed by atoms with Gasteiger partial charge in [0.25, 0.3) is 0 Å². The van der Waals surface area contributed by atoms with E-state index in [4.69, 9.17) is 0 Å². The zero-order valence-corrected chi connectivity index (χ0v) is 9.98. The Balaban J connectivity index is 2.57. The number of rotatable bonds is 3. The van der Waals surface area contributed by atoms with Crippen molar-refractivity contribution < 1.29 is 14.3 Å². The lowest BCUT2D eigenvalue weighted by molar-refractivity contribution is 0.0989. The Morgan fingerprint density at radius 2 is 1.83 bits per heavy atom. The summed E-state index contributed by atoms with van der Waals surface area (Å²) in [6.07, 6.45) is 0.388. The molecule has 2 aromatic rings. The van der Waals surface area contributed by atoms with Gasteiger partial charge in [-0.2, -0.15) is 0 Å². The molecule has 0 aliphatic carbocycles. The van der Waals surface area contributed by atoms with Crippen LogP contribution in [0, 0.1) is 5.82 Å². The summed E-state index contributed by atoms with van der Waals surface area (Å²) in [5.74, 6) is -0.251. The van der Waals surface area contributed by atoms with Crippen LogP contribution in [0.25, 0.3) is 11.1 Å². The number of phenolic OH excluding ortho intramolecular Hbond substituents is 1.